The number of carboxylic acid groups (broad SMARTS) is 2. The summed E-state index contributed by atoms with van der Waals surface area (Å²) in [6.07, 6.45) is 1.66. The van der Waals surface area contributed by atoms with Crippen LogP contribution in [0.25, 0.3) is 0 Å². The Kier molecular flexibility index (Phi) is 3.69. The summed E-state index contributed by atoms with van der Waals surface area (Å²) in [5, 5.41) is 25.1. The van der Waals surface area contributed by atoms with Crippen LogP contribution in [0.2, 0.25) is 0 Å². The minimum atomic E-state index is -1.46. The molecule has 0 bridgehead atoms. The number of aromatic nitrogens is 3. The molecule has 0 spiro atoms. The summed E-state index contributed by atoms with van der Waals surface area (Å²) in [5.74, 6) is -3.51. The maximum atomic E-state index is 11.3. The van der Waals surface area contributed by atoms with Crippen LogP contribution in [0.1, 0.15) is 6.42 Å². The zero-order valence-electron chi connectivity index (χ0n) is 10.1. The third kappa shape index (κ3) is 2.05. The van der Waals surface area contributed by atoms with E-state index in [1.54, 1.807) is 0 Å². The van der Waals surface area contributed by atoms with Crippen molar-refractivity contribution in [3.8, 4) is 0 Å². The molecule has 2 saturated carbocycles. The number of nitrogens with two attached hydrogens (primary N) is 1. The lowest BCUT2D eigenvalue weighted by Gasteiger charge is -2.23. The van der Waals surface area contributed by atoms with Gasteiger partial charge in [-0.05, 0) is 12.3 Å². The molecule has 2 fully saturated rings. The smallest absolute Gasteiger partial charge is 0.324 e. The van der Waals surface area contributed by atoms with Crippen molar-refractivity contribution in [3.05, 3.63) is 6.33 Å². The molecule has 2 aliphatic carbocycles. The number of nitrogens with one attached hydrogen (secondary N) is 1. The summed E-state index contributed by atoms with van der Waals surface area (Å²) in [5.41, 5.74) is 4.45. The predicted molar refractivity (Wildman–Crippen MR) is 70.6 cm³/mol. The van der Waals surface area contributed by atoms with Gasteiger partial charge in [-0.2, -0.15) is 0 Å². The Balaban J connectivity index is 0.00000147. The SMILES string of the molecule is Cl.NC1(C(=O)O)CC(Sc2nc[nH]n2)C2C(C(=O)O)[C@H]21. The molecule has 8 nitrogen and oxygen atoms in total. The number of aliphatic carboxylic acids is 2. The molecule has 5 N–H and O–H groups in total. The van der Waals surface area contributed by atoms with Crippen molar-refractivity contribution in [2.45, 2.75) is 22.4 Å². The molecule has 0 saturated heterocycles. The summed E-state index contributed by atoms with van der Waals surface area (Å²) >= 11 is 1.29. The van der Waals surface area contributed by atoms with Gasteiger partial charge in [-0.3, -0.25) is 14.7 Å². The van der Waals surface area contributed by atoms with Crippen LogP contribution < -0.4 is 5.73 Å². The predicted octanol–water partition coefficient (Wildman–Crippen LogP) is -0.180. The summed E-state index contributed by atoms with van der Waals surface area (Å²) in [7, 11) is 0. The molecule has 0 aliphatic heterocycles. The monoisotopic (exact) mass is 320 g/mol. The lowest BCUT2D eigenvalue weighted by atomic mass is 9.91. The fourth-order valence-electron chi connectivity index (χ4n) is 3.12. The van der Waals surface area contributed by atoms with E-state index < -0.39 is 29.3 Å². The zero-order valence-corrected chi connectivity index (χ0v) is 11.7. The molecular formula is C10H13ClN4O4S. The molecule has 0 amide bonds. The highest BCUT2D eigenvalue weighted by atomic mass is 35.5. The van der Waals surface area contributed by atoms with E-state index in [9.17, 15) is 14.7 Å². The van der Waals surface area contributed by atoms with Gasteiger partial charge in [0, 0.05) is 11.2 Å². The van der Waals surface area contributed by atoms with Crippen LogP contribution >= 0.6 is 24.2 Å². The van der Waals surface area contributed by atoms with Crippen molar-refractivity contribution in [1.82, 2.24) is 15.2 Å². The topological polar surface area (TPSA) is 142 Å². The molecule has 3 rings (SSSR count). The van der Waals surface area contributed by atoms with Crippen molar-refractivity contribution >= 4 is 36.1 Å². The van der Waals surface area contributed by atoms with Crippen LogP contribution in [0.3, 0.4) is 0 Å². The molecule has 10 heteroatoms. The largest absolute Gasteiger partial charge is 0.481 e. The summed E-state index contributed by atoms with van der Waals surface area (Å²) in [6, 6.07) is 0. The molecule has 0 aromatic carbocycles. The van der Waals surface area contributed by atoms with Gasteiger partial charge in [0.2, 0.25) is 5.16 Å². The lowest BCUT2D eigenvalue weighted by Crippen LogP contribution is -2.50. The van der Waals surface area contributed by atoms with E-state index in [1.807, 2.05) is 0 Å². The molecule has 0 radical (unpaired) electrons. The molecule has 5 atom stereocenters. The van der Waals surface area contributed by atoms with Crippen LogP contribution in [0.4, 0.5) is 0 Å². The third-order valence-corrected chi connectivity index (χ3v) is 5.16. The molecule has 20 heavy (non-hydrogen) atoms. The summed E-state index contributed by atoms with van der Waals surface area (Å²) in [6.45, 7) is 0. The number of aromatic amines is 1. The minimum Gasteiger partial charge on any atom is -0.481 e. The molecule has 1 heterocycles. The number of rotatable bonds is 4. The Labute approximate surface area is 123 Å². The number of nitrogens with zero attached hydrogens (tertiary/aromatic N) is 2. The van der Waals surface area contributed by atoms with Gasteiger partial charge in [0.1, 0.15) is 11.9 Å². The van der Waals surface area contributed by atoms with E-state index >= 15 is 0 Å². The first kappa shape index (κ1) is 15.1. The van der Waals surface area contributed by atoms with Crippen molar-refractivity contribution in [3.63, 3.8) is 0 Å². The molecule has 110 valence electrons. The number of carboxylic acids is 2. The van der Waals surface area contributed by atoms with Crippen molar-refractivity contribution in [1.29, 1.82) is 0 Å². The highest BCUT2D eigenvalue weighted by molar-refractivity contribution is 7.99. The van der Waals surface area contributed by atoms with Gasteiger partial charge in [0.15, 0.2) is 0 Å². The van der Waals surface area contributed by atoms with Crippen molar-refractivity contribution < 1.29 is 19.8 Å². The van der Waals surface area contributed by atoms with Gasteiger partial charge < -0.3 is 15.9 Å². The first-order valence-corrected chi connectivity index (χ1v) is 6.60. The molecule has 1 aromatic rings. The van der Waals surface area contributed by atoms with Gasteiger partial charge in [0.05, 0.1) is 5.92 Å². The second-order valence-electron chi connectivity index (χ2n) is 4.95. The first-order chi connectivity index (χ1) is 8.95. The van der Waals surface area contributed by atoms with E-state index in [0.717, 1.165) is 0 Å². The number of halogens is 1. The number of carbonyl (C=O) groups is 2. The van der Waals surface area contributed by atoms with E-state index in [4.69, 9.17) is 10.8 Å². The van der Waals surface area contributed by atoms with Crippen LogP contribution in [0.5, 0.6) is 0 Å². The second-order valence-corrected chi connectivity index (χ2v) is 6.16. The number of H-pyrrole nitrogens is 1. The lowest BCUT2D eigenvalue weighted by molar-refractivity contribution is -0.145. The molecule has 4 unspecified atom stereocenters. The fourth-order valence-corrected chi connectivity index (χ4v) is 4.47. The number of hydrogen-bond donors (Lipinski definition) is 4. The highest BCUT2D eigenvalue weighted by Gasteiger charge is 2.74. The van der Waals surface area contributed by atoms with Gasteiger partial charge >= 0.3 is 11.9 Å². The van der Waals surface area contributed by atoms with E-state index in [0.29, 0.717) is 5.16 Å². The van der Waals surface area contributed by atoms with E-state index in [2.05, 4.69) is 15.2 Å². The van der Waals surface area contributed by atoms with E-state index in [1.165, 1.54) is 18.1 Å². The van der Waals surface area contributed by atoms with E-state index in [-0.39, 0.29) is 30.0 Å². The Hall–Kier alpha value is -1.32. The van der Waals surface area contributed by atoms with Gasteiger partial charge in [-0.25, -0.2) is 4.98 Å². The average Bonchev–Trinajstić information content (AvgIpc) is 2.77. The highest BCUT2D eigenvalue weighted by Crippen LogP contribution is 2.65. The Bertz CT molecular complexity index is 541. The average molecular weight is 321 g/mol. The van der Waals surface area contributed by atoms with Crippen LogP contribution in [0, 0.1) is 17.8 Å². The van der Waals surface area contributed by atoms with Gasteiger partial charge in [-0.15, -0.1) is 17.5 Å². The standard InChI is InChI=1S/C10H12N4O4S.ClH/c11-10(8(17)18)1-3(19-9-12-2-13-14-9)4-5(6(4)10)7(15)16;/h2-6H,1,11H2,(H,15,16)(H,17,18)(H,12,13,14);1H/t3?,4?,5?,6-,10?;/m0./s1. The third-order valence-electron chi connectivity index (χ3n) is 3.97. The Morgan fingerprint density at radius 1 is 1.50 bits per heavy atom. The molecule has 2 aliphatic rings. The zero-order chi connectivity index (χ0) is 13.8. The first-order valence-electron chi connectivity index (χ1n) is 5.72. The second kappa shape index (κ2) is 4.90. The number of hydrogen-bond acceptors (Lipinski definition) is 6. The quantitative estimate of drug-likeness (QED) is 0.598. The maximum absolute atomic E-state index is 11.3. The van der Waals surface area contributed by atoms with Crippen molar-refractivity contribution in [2.75, 3.05) is 0 Å². The number of fused-ring (bicyclic) bond motifs is 1. The molecular weight excluding hydrogens is 308 g/mol. The Morgan fingerprint density at radius 2 is 2.20 bits per heavy atom. The van der Waals surface area contributed by atoms with Crippen LogP contribution in [0.15, 0.2) is 11.5 Å². The van der Waals surface area contributed by atoms with Crippen LogP contribution in [-0.2, 0) is 9.59 Å². The van der Waals surface area contributed by atoms with Gasteiger partial charge in [-0.1, -0.05) is 11.8 Å². The molecule has 1 aromatic heterocycles. The van der Waals surface area contributed by atoms with Gasteiger partial charge in [0.25, 0.3) is 0 Å². The Morgan fingerprint density at radius 3 is 2.70 bits per heavy atom. The summed E-state index contributed by atoms with van der Waals surface area (Å²) in [4.78, 5) is 26.4. The van der Waals surface area contributed by atoms with Crippen molar-refractivity contribution in [2.24, 2.45) is 23.5 Å². The number of thioether (sulfide) groups is 1. The summed E-state index contributed by atoms with van der Waals surface area (Å²) < 4.78 is 0. The van der Waals surface area contributed by atoms with Crippen LogP contribution in [-0.4, -0.2) is 48.1 Å². The fraction of sp³-hybridized carbons (Fsp3) is 0.600. The maximum Gasteiger partial charge on any atom is 0.324 e. The minimum absolute atomic E-state index is 0. The normalized spacial score (nSPS) is 37.9.